The van der Waals surface area contributed by atoms with E-state index in [1.54, 1.807) is 0 Å². The van der Waals surface area contributed by atoms with Crippen LogP contribution in [0.1, 0.15) is 17.4 Å². The van der Waals surface area contributed by atoms with E-state index >= 15 is 0 Å². The number of thiophene rings is 1. The lowest BCUT2D eigenvalue weighted by Crippen LogP contribution is -2.35. The molecule has 2 aromatic heterocycles. The van der Waals surface area contributed by atoms with Crippen LogP contribution in [0.3, 0.4) is 0 Å². The van der Waals surface area contributed by atoms with Crippen LogP contribution in [0.5, 0.6) is 0 Å². The zero-order valence-electron chi connectivity index (χ0n) is 12.4. The lowest BCUT2D eigenvalue weighted by molar-refractivity contribution is -0.136. The fourth-order valence-electron chi connectivity index (χ4n) is 1.87. The van der Waals surface area contributed by atoms with Crippen LogP contribution in [0.2, 0.25) is 0 Å². The number of nitrogens with zero attached hydrogens (tertiary/aromatic N) is 1. The molecule has 0 atom stereocenters. The maximum Gasteiger partial charge on any atom is 0.313 e. The first-order chi connectivity index (χ1) is 10.5. The fraction of sp³-hybridized carbons (Fsp3) is 0.267. The zero-order chi connectivity index (χ0) is 16.1. The van der Waals surface area contributed by atoms with Crippen molar-refractivity contribution in [3.63, 3.8) is 0 Å². The Morgan fingerprint density at radius 1 is 1.23 bits per heavy atom. The van der Waals surface area contributed by atoms with E-state index in [9.17, 15) is 14.4 Å². The normalized spacial score (nSPS) is 10.3. The number of aryl methyl sites for hydroxylation is 2. The van der Waals surface area contributed by atoms with Crippen molar-refractivity contribution in [2.75, 3.05) is 5.32 Å². The number of hydrogen-bond acceptors (Lipinski definition) is 4. The summed E-state index contributed by atoms with van der Waals surface area (Å²) in [7, 11) is 0. The Labute approximate surface area is 131 Å². The van der Waals surface area contributed by atoms with Crippen molar-refractivity contribution >= 4 is 28.8 Å². The highest BCUT2D eigenvalue weighted by Gasteiger charge is 2.14. The van der Waals surface area contributed by atoms with Crippen molar-refractivity contribution in [3.05, 3.63) is 50.6 Å². The van der Waals surface area contributed by atoms with Crippen LogP contribution in [0.4, 0.5) is 5.69 Å². The van der Waals surface area contributed by atoms with Gasteiger partial charge in [0.25, 0.3) is 5.56 Å². The smallest absolute Gasteiger partial charge is 0.313 e. The predicted octanol–water partition coefficient (Wildman–Crippen LogP) is 1.49. The molecule has 116 valence electrons. The first-order valence-electron chi connectivity index (χ1n) is 6.84. The maximum absolute atomic E-state index is 11.8. The van der Waals surface area contributed by atoms with Gasteiger partial charge in [0.05, 0.1) is 12.2 Å². The van der Waals surface area contributed by atoms with Crippen LogP contribution < -0.4 is 16.2 Å². The number of carbonyl (C=O) groups excluding carboxylic acids is 2. The molecule has 0 bridgehead atoms. The molecule has 0 aliphatic heterocycles. The Morgan fingerprint density at radius 3 is 2.64 bits per heavy atom. The van der Waals surface area contributed by atoms with Crippen molar-refractivity contribution in [2.24, 2.45) is 0 Å². The number of anilines is 1. The number of pyridine rings is 1. The molecule has 2 rings (SSSR count). The Bertz CT molecular complexity index is 748. The van der Waals surface area contributed by atoms with Gasteiger partial charge in [0.2, 0.25) is 0 Å². The third-order valence-electron chi connectivity index (χ3n) is 3.17. The van der Waals surface area contributed by atoms with E-state index in [2.05, 4.69) is 10.6 Å². The minimum atomic E-state index is -0.754. The van der Waals surface area contributed by atoms with Crippen molar-refractivity contribution in [2.45, 2.75) is 26.9 Å². The first kappa shape index (κ1) is 16.0. The molecule has 0 fully saturated rings. The number of aromatic nitrogens is 1. The van der Waals surface area contributed by atoms with E-state index in [-0.39, 0.29) is 5.56 Å². The SMILES string of the molecule is CCn1cc(NC(=O)C(=O)NCc2sccc2C)ccc1=O. The minimum absolute atomic E-state index is 0.155. The minimum Gasteiger partial charge on any atom is -0.343 e. The van der Waals surface area contributed by atoms with Crippen molar-refractivity contribution < 1.29 is 9.59 Å². The zero-order valence-corrected chi connectivity index (χ0v) is 13.2. The summed E-state index contributed by atoms with van der Waals surface area (Å²) in [4.78, 5) is 36.1. The third-order valence-corrected chi connectivity index (χ3v) is 4.19. The third kappa shape index (κ3) is 3.82. The van der Waals surface area contributed by atoms with E-state index < -0.39 is 11.8 Å². The summed E-state index contributed by atoms with van der Waals surface area (Å²) in [5.74, 6) is -1.46. The average Bonchev–Trinajstić information content (AvgIpc) is 2.91. The molecule has 6 nitrogen and oxygen atoms in total. The van der Waals surface area contributed by atoms with E-state index in [0.29, 0.717) is 18.8 Å². The predicted molar refractivity (Wildman–Crippen MR) is 85.9 cm³/mol. The molecule has 0 aliphatic carbocycles. The van der Waals surface area contributed by atoms with Gasteiger partial charge in [0.15, 0.2) is 0 Å². The highest BCUT2D eigenvalue weighted by Crippen LogP contribution is 2.14. The molecule has 2 aromatic rings. The van der Waals surface area contributed by atoms with Gasteiger partial charge in [-0.25, -0.2) is 0 Å². The largest absolute Gasteiger partial charge is 0.343 e. The van der Waals surface area contributed by atoms with Gasteiger partial charge in [-0.05, 0) is 36.9 Å². The van der Waals surface area contributed by atoms with Gasteiger partial charge in [-0.2, -0.15) is 0 Å². The Morgan fingerprint density at radius 2 is 2.00 bits per heavy atom. The highest BCUT2D eigenvalue weighted by molar-refractivity contribution is 7.10. The van der Waals surface area contributed by atoms with Gasteiger partial charge in [-0.1, -0.05) is 0 Å². The fourth-order valence-corrected chi connectivity index (χ4v) is 2.71. The molecule has 2 amide bonds. The number of hydrogen-bond donors (Lipinski definition) is 2. The summed E-state index contributed by atoms with van der Waals surface area (Å²) >= 11 is 1.53. The Hall–Kier alpha value is -2.41. The van der Waals surface area contributed by atoms with Gasteiger partial charge in [0, 0.05) is 23.7 Å². The summed E-state index contributed by atoms with van der Waals surface area (Å²) in [6, 6.07) is 4.79. The molecular weight excluding hydrogens is 302 g/mol. The van der Waals surface area contributed by atoms with Crippen LogP contribution in [0.15, 0.2) is 34.6 Å². The molecule has 0 unspecified atom stereocenters. The number of rotatable bonds is 4. The van der Waals surface area contributed by atoms with Crippen LogP contribution in [-0.2, 0) is 22.7 Å². The number of amides is 2. The molecule has 2 N–H and O–H groups in total. The molecule has 0 radical (unpaired) electrons. The van der Waals surface area contributed by atoms with Crippen LogP contribution in [0.25, 0.3) is 0 Å². The van der Waals surface area contributed by atoms with Crippen LogP contribution in [0, 0.1) is 6.92 Å². The lowest BCUT2D eigenvalue weighted by Gasteiger charge is -2.08. The topological polar surface area (TPSA) is 80.2 Å². The summed E-state index contributed by atoms with van der Waals surface area (Å²) < 4.78 is 1.45. The van der Waals surface area contributed by atoms with Crippen LogP contribution >= 0.6 is 11.3 Å². The molecule has 0 spiro atoms. The second kappa shape index (κ2) is 7.04. The van der Waals surface area contributed by atoms with Crippen molar-refractivity contribution in [1.82, 2.24) is 9.88 Å². The molecule has 0 saturated carbocycles. The monoisotopic (exact) mass is 319 g/mol. The highest BCUT2D eigenvalue weighted by atomic mass is 32.1. The molecule has 2 heterocycles. The van der Waals surface area contributed by atoms with Gasteiger partial charge in [0.1, 0.15) is 0 Å². The summed E-state index contributed by atoms with van der Waals surface area (Å²) in [6.45, 7) is 4.59. The van der Waals surface area contributed by atoms with E-state index in [4.69, 9.17) is 0 Å². The van der Waals surface area contributed by atoms with Crippen molar-refractivity contribution in [1.29, 1.82) is 0 Å². The summed E-state index contributed by atoms with van der Waals surface area (Å²) in [5.41, 5.74) is 1.34. The molecule has 0 aliphatic rings. The second-order valence-electron chi connectivity index (χ2n) is 4.71. The second-order valence-corrected chi connectivity index (χ2v) is 5.71. The van der Waals surface area contributed by atoms with E-state index in [0.717, 1.165) is 10.4 Å². The van der Waals surface area contributed by atoms with Crippen molar-refractivity contribution in [3.8, 4) is 0 Å². The first-order valence-corrected chi connectivity index (χ1v) is 7.72. The quantitative estimate of drug-likeness (QED) is 0.838. The Balaban J connectivity index is 1.95. The molecule has 7 heteroatoms. The number of carbonyl (C=O) groups is 2. The van der Waals surface area contributed by atoms with Gasteiger partial charge in [-0.3, -0.25) is 14.4 Å². The number of nitrogens with one attached hydrogen (secondary N) is 2. The van der Waals surface area contributed by atoms with Crippen LogP contribution in [-0.4, -0.2) is 16.4 Å². The standard InChI is InChI=1S/C15H17N3O3S/c1-3-18-9-11(4-5-13(18)19)17-15(21)14(20)16-8-12-10(2)6-7-22-12/h4-7,9H,3,8H2,1-2H3,(H,16,20)(H,17,21). The lowest BCUT2D eigenvalue weighted by atomic mass is 10.3. The summed E-state index contributed by atoms with van der Waals surface area (Å²) in [6.07, 6.45) is 1.51. The van der Waals surface area contributed by atoms with E-state index in [1.165, 1.54) is 34.2 Å². The molecule has 22 heavy (non-hydrogen) atoms. The molecule has 0 aromatic carbocycles. The molecule has 0 saturated heterocycles. The summed E-state index contributed by atoms with van der Waals surface area (Å²) in [5, 5.41) is 6.99. The van der Waals surface area contributed by atoms with E-state index in [1.807, 2.05) is 25.3 Å². The van der Waals surface area contributed by atoms with Gasteiger partial charge in [-0.15, -0.1) is 11.3 Å². The van der Waals surface area contributed by atoms with Gasteiger partial charge >= 0.3 is 11.8 Å². The van der Waals surface area contributed by atoms with Gasteiger partial charge < -0.3 is 15.2 Å². The average molecular weight is 319 g/mol. The maximum atomic E-state index is 11.8. The molecular formula is C15H17N3O3S. The Kier molecular flexibility index (Phi) is 5.11.